The molecular formula is C14H7F3INS. The first-order valence-corrected chi connectivity index (χ1v) is 7.34. The van der Waals surface area contributed by atoms with Crippen LogP contribution >= 0.6 is 34.4 Å². The molecule has 2 aromatic rings. The molecular weight excluding hydrogens is 398 g/mol. The number of hydrogen-bond donors (Lipinski definition) is 0. The summed E-state index contributed by atoms with van der Waals surface area (Å²) >= 11 is 2.91. The molecule has 0 fully saturated rings. The van der Waals surface area contributed by atoms with Crippen LogP contribution in [0.15, 0.2) is 52.3 Å². The Labute approximate surface area is 131 Å². The molecule has 102 valence electrons. The van der Waals surface area contributed by atoms with Crippen molar-refractivity contribution in [2.75, 3.05) is 0 Å². The van der Waals surface area contributed by atoms with Gasteiger partial charge in [-0.3, -0.25) is 0 Å². The maximum absolute atomic E-state index is 12.8. The number of rotatable bonds is 2. The molecule has 20 heavy (non-hydrogen) atoms. The fourth-order valence-corrected chi connectivity index (χ4v) is 3.02. The molecule has 0 aliphatic carbocycles. The zero-order chi connectivity index (χ0) is 14.8. The molecule has 6 heteroatoms. The van der Waals surface area contributed by atoms with Crippen molar-refractivity contribution in [2.45, 2.75) is 16.0 Å². The van der Waals surface area contributed by atoms with Gasteiger partial charge in [-0.2, -0.15) is 18.4 Å². The number of benzene rings is 2. The summed E-state index contributed by atoms with van der Waals surface area (Å²) in [4.78, 5) is 1.31. The molecule has 1 nitrogen and oxygen atoms in total. The summed E-state index contributed by atoms with van der Waals surface area (Å²) in [5, 5.41) is 8.69. The van der Waals surface area contributed by atoms with E-state index in [2.05, 4.69) is 0 Å². The highest BCUT2D eigenvalue weighted by Gasteiger charge is 2.33. The Kier molecular flexibility index (Phi) is 4.60. The van der Waals surface area contributed by atoms with Gasteiger partial charge in [-0.25, -0.2) is 0 Å². The summed E-state index contributed by atoms with van der Waals surface area (Å²) in [6.45, 7) is 0. The number of halogens is 4. The van der Waals surface area contributed by atoms with Crippen molar-refractivity contribution in [2.24, 2.45) is 0 Å². The first-order chi connectivity index (χ1) is 9.40. The van der Waals surface area contributed by atoms with E-state index >= 15 is 0 Å². The average molecular weight is 405 g/mol. The van der Waals surface area contributed by atoms with Crippen molar-refractivity contribution >= 4 is 34.4 Å². The van der Waals surface area contributed by atoms with Gasteiger partial charge in [-0.15, -0.1) is 0 Å². The summed E-state index contributed by atoms with van der Waals surface area (Å²) in [5.41, 5.74) is -0.107. The third kappa shape index (κ3) is 3.67. The molecule has 0 saturated heterocycles. The third-order valence-corrected chi connectivity index (χ3v) is 4.40. The van der Waals surface area contributed by atoms with Gasteiger partial charge < -0.3 is 0 Å². The van der Waals surface area contributed by atoms with Crippen LogP contribution in [0, 0.1) is 14.9 Å². The van der Waals surface area contributed by atoms with E-state index in [1.54, 1.807) is 52.9 Å². The Morgan fingerprint density at radius 1 is 1.00 bits per heavy atom. The molecule has 0 radical (unpaired) electrons. The van der Waals surface area contributed by atoms with Gasteiger partial charge in [0.1, 0.15) is 0 Å². The zero-order valence-electron chi connectivity index (χ0n) is 9.91. The Bertz CT molecular complexity index is 660. The summed E-state index contributed by atoms with van der Waals surface area (Å²) in [5.74, 6) is 0. The maximum Gasteiger partial charge on any atom is 0.417 e. The van der Waals surface area contributed by atoms with Crippen LogP contribution in [0.5, 0.6) is 0 Å². The van der Waals surface area contributed by atoms with Crippen molar-refractivity contribution < 1.29 is 13.2 Å². The summed E-state index contributed by atoms with van der Waals surface area (Å²) in [6.07, 6.45) is -4.35. The molecule has 0 amide bonds. The van der Waals surface area contributed by atoms with E-state index in [1.165, 1.54) is 17.8 Å². The highest BCUT2D eigenvalue weighted by molar-refractivity contribution is 14.1. The smallest absolute Gasteiger partial charge is 0.192 e. The number of nitrogens with zero attached hydrogens (tertiary/aromatic N) is 1. The molecule has 0 heterocycles. The topological polar surface area (TPSA) is 23.8 Å². The van der Waals surface area contributed by atoms with Gasteiger partial charge in [0.25, 0.3) is 0 Å². The molecule has 0 unspecified atom stereocenters. The van der Waals surface area contributed by atoms with Crippen LogP contribution in [0.1, 0.15) is 11.1 Å². The van der Waals surface area contributed by atoms with Gasteiger partial charge in [0, 0.05) is 13.4 Å². The minimum atomic E-state index is -4.35. The molecule has 0 aromatic heterocycles. The second kappa shape index (κ2) is 6.06. The van der Waals surface area contributed by atoms with Gasteiger partial charge in [-0.1, -0.05) is 11.8 Å². The Hall–Kier alpha value is -1.20. The average Bonchev–Trinajstić information content (AvgIpc) is 2.40. The maximum atomic E-state index is 12.8. The van der Waals surface area contributed by atoms with E-state index in [1.807, 2.05) is 6.07 Å². The molecule has 0 N–H and O–H groups in total. The highest BCUT2D eigenvalue weighted by atomic mass is 127. The van der Waals surface area contributed by atoms with E-state index < -0.39 is 11.7 Å². The lowest BCUT2D eigenvalue weighted by atomic mass is 10.2. The Morgan fingerprint density at radius 3 is 2.15 bits per heavy atom. The molecule has 0 aliphatic rings. The highest BCUT2D eigenvalue weighted by Crippen LogP contribution is 2.37. The van der Waals surface area contributed by atoms with E-state index in [0.29, 0.717) is 10.5 Å². The molecule has 0 atom stereocenters. The fraction of sp³-hybridized carbons (Fsp3) is 0.0714. The summed E-state index contributed by atoms with van der Waals surface area (Å²) in [6, 6.07) is 13.0. The van der Waals surface area contributed by atoms with Gasteiger partial charge >= 0.3 is 6.18 Å². The number of hydrogen-bond acceptors (Lipinski definition) is 2. The second-order valence-corrected chi connectivity index (χ2v) is 6.19. The number of alkyl halides is 3. The monoisotopic (exact) mass is 405 g/mol. The van der Waals surface area contributed by atoms with Crippen LogP contribution in [0.4, 0.5) is 13.2 Å². The first kappa shape index (κ1) is 15.2. The van der Waals surface area contributed by atoms with Crippen molar-refractivity contribution in [1.82, 2.24) is 0 Å². The molecule has 0 bridgehead atoms. The Morgan fingerprint density at radius 2 is 1.60 bits per heavy atom. The summed E-state index contributed by atoms with van der Waals surface area (Å²) in [7, 11) is 0. The first-order valence-electron chi connectivity index (χ1n) is 5.45. The molecule has 2 aromatic carbocycles. The predicted molar refractivity (Wildman–Crippen MR) is 79.4 cm³/mol. The van der Waals surface area contributed by atoms with Crippen molar-refractivity contribution in [3.63, 3.8) is 0 Å². The lowest BCUT2D eigenvalue weighted by molar-refractivity contribution is -0.138. The van der Waals surface area contributed by atoms with E-state index in [9.17, 15) is 13.2 Å². The van der Waals surface area contributed by atoms with Crippen LogP contribution in [0.25, 0.3) is 0 Å². The second-order valence-electron chi connectivity index (χ2n) is 3.88. The number of nitriles is 1. The van der Waals surface area contributed by atoms with Crippen LogP contribution < -0.4 is 0 Å². The van der Waals surface area contributed by atoms with E-state index in [-0.39, 0.29) is 3.57 Å². The fourth-order valence-electron chi connectivity index (χ4n) is 1.52. The molecule has 2 rings (SSSR count). The minimum absolute atomic E-state index is 0.180. The Balaban J connectivity index is 2.28. The van der Waals surface area contributed by atoms with Gasteiger partial charge in [0.15, 0.2) is 0 Å². The van der Waals surface area contributed by atoms with Crippen molar-refractivity contribution in [3.8, 4) is 6.07 Å². The van der Waals surface area contributed by atoms with Crippen LogP contribution in [-0.2, 0) is 6.18 Å². The van der Waals surface area contributed by atoms with Crippen LogP contribution in [0.2, 0.25) is 0 Å². The molecule has 0 saturated carbocycles. The van der Waals surface area contributed by atoms with Crippen molar-refractivity contribution in [1.29, 1.82) is 5.26 Å². The van der Waals surface area contributed by atoms with E-state index in [0.717, 1.165) is 11.0 Å². The minimum Gasteiger partial charge on any atom is -0.192 e. The lowest BCUT2D eigenvalue weighted by Crippen LogP contribution is -2.07. The third-order valence-electron chi connectivity index (χ3n) is 2.46. The quantitative estimate of drug-likeness (QED) is 0.631. The van der Waals surface area contributed by atoms with Gasteiger partial charge in [-0.05, 0) is 65.1 Å². The van der Waals surface area contributed by atoms with Crippen LogP contribution in [0.3, 0.4) is 0 Å². The molecule has 0 aliphatic heterocycles. The largest absolute Gasteiger partial charge is 0.417 e. The lowest BCUT2D eigenvalue weighted by Gasteiger charge is -2.11. The standard InChI is InChI=1S/C14H7F3INS/c15-14(16,17)12-7-11(5-6-13(12)18)20-10-3-1-9(8-19)2-4-10/h1-7H. The SMILES string of the molecule is N#Cc1ccc(Sc2ccc(I)c(C(F)(F)F)c2)cc1. The van der Waals surface area contributed by atoms with Gasteiger partial charge in [0.2, 0.25) is 0 Å². The van der Waals surface area contributed by atoms with Crippen molar-refractivity contribution in [3.05, 3.63) is 57.2 Å². The zero-order valence-corrected chi connectivity index (χ0v) is 12.9. The molecule has 0 spiro atoms. The van der Waals surface area contributed by atoms with Gasteiger partial charge in [0.05, 0.1) is 17.2 Å². The van der Waals surface area contributed by atoms with Crippen LogP contribution in [-0.4, -0.2) is 0 Å². The predicted octanol–water partition coefficient (Wildman–Crippen LogP) is 5.33. The normalized spacial score (nSPS) is 11.2. The van der Waals surface area contributed by atoms with E-state index in [4.69, 9.17) is 5.26 Å². The summed E-state index contributed by atoms with van der Waals surface area (Å²) < 4.78 is 38.6.